The van der Waals surface area contributed by atoms with Crippen LogP contribution in [0.2, 0.25) is 5.02 Å². The quantitative estimate of drug-likeness (QED) is 0.901. The second-order valence-electron chi connectivity index (χ2n) is 3.75. The van der Waals surface area contributed by atoms with Crippen LogP contribution in [0.4, 0.5) is 18.9 Å². The van der Waals surface area contributed by atoms with Gasteiger partial charge < -0.3 is 10.2 Å². The third-order valence-electron chi connectivity index (χ3n) is 2.24. The van der Waals surface area contributed by atoms with Gasteiger partial charge in [-0.1, -0.05) is 23.7 Å². The lowest BCUT2D eigenvalue weighted by atomic mass is 10.1. The Labute approximate surface area is 103 Å². The minimum atomic E-state index is -4.25. The van der Waals surface area contributed by atoms with Crippen molar-refractivity contribution in [1.29, 1.82) is 0 Å². The van der Waals surface area contributed by atoms with Crippen molar-refractivity contribution in [2.24, 2.45) is 0 Å². The van der Waals surface area contributed by atoms with Crippen molar-refractivity contribution in [2.45, 2.75) is 12.7 Å². The summed E-state index contributed by atoms with van der Waals surface area (Å²) in [5, 5.41) is 3.23. The van der Waals surface area contributed by atoms with Gasteiger partial charge in [-0.25, -0.2) is 0 Å². The van der Waals surface area contributed by atoms with Gasteiger partial charge in [0, 0.05) is 13.6 Å². The topological polar surface area (TPSA) is 15.3 Å². The first-order valence-electron chi connectivity index (χ1n) is 5.05. The molecule has 96 valence electrons. The number of rotatable bonds is 4. The fourth-order valence-electron chi connectivity index (χ4n) is 1.67. The second-order valence-corrected chi connectivity index (χ2v) is 4.16. The van der Waals surface area contributed by atoms with E-state index in [4.69, 9.17) is 11.6 Å². The maximum Gasteiger partial charge on any atom is 0.405 e. The molecule has 0 unspecified atom stereocenters. The lowest BCUT2D eigenvalue weighted by molar-refractivity contribution is -0.119. The summed E-state index contributed by atoms with van der Waals surface area (Å²) in [6.07, 6.45) is -4.25. The van der Waals surface area contributed by atoms with E-state index in [2.05, 4.69) is 5.32 Å². The number of anilines is 1. The molecule has 0 saturated heterocycles. The molecule has 17 heavy (non-hydrogen) atoms. The van der Waals surface area contributed by atoms with E-state index in [-0.39, 0.29) is 0 Å². The predicted molar refractivity (Wildman–Crippen MR) is 63.5 cm³/mol. The van der Waals surface area contributed by atoms with E-state index in [0.717, 1.165) is 10.5 Å². The number of hydrogen-bond donors (Lipinski definition) is 1. The van der Waals surface area contributed by atoms with E-state index in [9.17, 15) is 13.2 Å². The average Bonchev–Trinajstić information content (AvgIpc) is 2.15. The zero-order valence-corrected chi connectivity index (χ0v) is 10.4. The summed E-state index contributed by atoms with van der Waals surface area (Å²) < 4.78 is 37.0. The van der Waals surface area contributed by atoms with Gasteiger partial charge in [0.15, 0.2) is 0 Å². The molecule has 6 heteroatoms. The summed E-state index contributed by atoms with van der Waals surface area (Å²) in [5.74, 6) is 0. The number of halogens is 4. The average molecular weight is 267 g/mol. The molecule has 0 radical (unpaired) electrons. The summed E-state index contributed by atoms with van der Waals surface area (Å²) in [6, 6.07) is 5.06. The fraction of sp³-hybridized carbons (Fsp3) is 0.455. The van der Waals surface area contributed by atoms with E-state index in [0.29, 0.717) is 17.3 Å². The second kappa shape index (κ2) is 5.60. The van der Waals surface area contributed by atoms with Crippen LogP contribution >= 0.6 is 11.6 Å². The molecule has 0 amide bonds. The van der Waals surface area contributed by atoms with Crippen molar-refractivity contribution in [3.8, 4) is 0 Å². The molecule has 0 aromatic heterocycles. The van der Waals surface area contributed by atoms with E-state index < -0.39 is 12.7 Å². The molecular formula is C11H14ClF3N2. The highest BCUT2D eigenvalue weighted by Crippen LogP contribution is 2.31. The molecule has 0 bridgehead atoms. The Bertz CT molecular complexity index is 379. The van der Waals surface area contributed by atoms with E-state index in [1.54, 1.807) is 25.2 Å². The third kappa shape index (κ3) is 4.09. The minimum Gasteiger partial charge on any atom is -0.364 e. The summed E-state index contributed by atoms with van der Waals surface area (Å²) in [6.45, 7) is -0.550. The Hall–Kier alpha value is -0.940. The standard InChI is InChI=1S/C11H14ClF3N2/c1-16-6-8-4-3-5-9(12)10(8)17(2)7-11(13,14)15/h3-5,16H,6-7H2,1-2H3. The number of hydrogen-bond acceptors (Lipinski definition) is 2. The van der Waals surface area contributed by atoms with E-state index in [1.807, 2.05) is 0 Å². The monoisotopic (exact) mass is 266 g/mol. The van der Waals surface area contributed by atoms with Crippen molar-refractivity contribution in [3.63, 3.8) is 0 Å². The molecule has 0 atom stereocenters. The molecule has 1 aromatic carbocycles. The number of nitrogens with zero attached hydrogens (tertiary/aromatic N) is 1. The molecule has 0 aliphatic rings. The largest absolute Gasteiger partial charge is 0.405 e. The van der Waals surface area contributed by atoms with Crippen LogP contribution in [0.5, 0.6) is 0 Å². The lowest BCUT2D eigenvalue weighted by Gasteiger charge is -2.24. The number of alkyl halides is 3. The predicted octanol–water partition coefficient (Wildman–Crippen LogP) is 3.06. The first-order chi connectivity index (χ1) is 7.85. The number of nitrogens with one attached hydrogen (secondary N) is 1. The van der Waals surface area contributed by atoms with Crippen LogP contribution < -0.4 is 10.2 Å². The van der Waals surface area contributed by atoms with Crippen molar-refractivity contribution >= 4 is 17.3 Å². The first-order valence-corrected chi connectivity index (χ1v) is 5.43. The van der Waals surface area contributed by atoms with Crippen molar-refractivity contribution in [1.82, 2.24) is 5.32 Å². The molecular weight excluding hydrogens is 253 g/mol. The lowest BCUT2D eigenvalue weighted by Crippen LogP contribution is -2.32. The Morgan fingerprint density at radius 2 is 2.00 bits per heavy atom. The molecule has 2 nitrogen and oxygen atoms in total. The maximum atomic E-state index is 12.3. The number of benzene rings is 1. The molecule has 0 aliphatic heterocycles. The molecule has 1 rings (SSSR count). The smallest absolute Gasteiger partial charge is 0.364 e. The van der Waals surface area contributed by atoms with Crippen LogP contribution in [0, 0.1) is 0 Å². The van der Waals surface area contributed by atoms with Gasteiger partial charge in [-0.2, -0.15) is 13.2 Å². The zero-order chi connectivity index (χ0) is 13.1. The summed E-state index contributed by atoms with van der Waals surface area (Å²) in [4.78, 5) is 1.12. The number of para-hydroxylation sites is 1. The van der Waals surface area contributed by atoms with Crippen molar-refractivity contribution < 1.29 is 13.2 Å². The summed E-state index contributed by atoms with van der Waals surface area (Å²) in [5.41, 5.74) is 1.16. The van der Waals surface area contributed by atoms with Crippen LogP contribution in [0.25, 0.3) is 0 Å². The van der Waals surface area contributed by atoms with Gasteiger partial charge in [0.1, 0.15) is 6.54 Å². The molecule has 1 aromatic rings. The van der Waals surface area contributed by atoms with Crippen LogP contribution in [-0.2, 0) is 6.54 Å². The highest BCUT2D eigenvalue weighted by Gasteiger charge is 2.30. The van der Waals surface area contributed by atoms with Crippen LogP contribution in [-0.4, -0.2) is 26.8 Å². The third-order valence-corrected chi connectivity index (χ3v) is 2.54. The molecule has 0 saturated carbocycles. The van der Waals surface area contributed by atoms with Gasteiger partial charge in [-0.05, 0) is 18.7 Å². The van der Waals surface area contributed by atoms with E-state index in [1.165, 1.54) is 7.05 Å². The maximum absolute atomic E-state index is 12.3. The van der Waals surface area contributed by atoms with Gasteiger partial charge in [-0.3, -0.25) is 0 Å². The van der Waals surface area contributed by atoms with E-state index >= 15 is 0 Å². The molecule has 0 fully saturated rings. The molecule has 0 heterocycles. The first kappa shape index (κ1) is 14.1. The Morgan fingerprint density at radius 1 is 1.35 bits per heavy atom. The highest BCUT2D eigenvalue weighted by atomic mass is 35.5. The van der Waals surface area contributed by atoms with Crippen LogP contribution in [0.15, 0.2) is 18.2 Å². The Kier molecular flexibility index (Phi) is 4.65. The van der Waals surface area contributed by atoms with Gasteiger partial charge >= 0.3 is 6.18 Å². The minimum absolute atomic E-state index is 0.324. The Balaban J connectivity index is 3.02. The molecule has 0 spiro atoms. The van der Waals surface area contributed by atoms with Gasteiger partial charge in [0.25, 0.3) is 0 Å². The SMILES string of the molecule is CNCc1cccc(Cl)c1N(C)CC(F)(F)F. The summed E-state index contributed by atoms with van der Waals surface area (Å²) in [7, 11) is 3.11. The highest BCUT2D eigenvalue weighted by molar-refractivity contribution is 6.33. The van der Waals surface area contributed by atoms with Crippen molar-refractivity contribution in [3.05, 3.63) is 28.8 Å². The van der Waals surface area contributed by atoms with Gasteiger partial charge in [0.05, 0.1) is 10.7 Å². The summed E-state index contributed by atoms with van der Waals surface area (Å²) >= 11 is 5.95. The van der Waals surface area contributed by atoms with Crippen molar-refractivity contribution in [2.75, 3.05) is 25.5 Å². The van der Waals surface area contributed by atoms with Gasteiger partial charge in [-0.15, -0.1) is 0 Å². The normalized spacial score (nSPS) is 11.6. The van der Waals surface area contributed by atoms with Gasteiger partial charge in [0.2, 0.25) is 0 Å². The van der Waals surface area contributed by atoms with Crippen LogP contribution in [0.1, 0.15) is 5.56 Å². The van der Waals surface area contributed by atoms with Crippen LogP contribution in [0.3, 0.4) is 0 Å². The molecule has 1 N–H and O–H groups in total. The fourth-order valence-corrected chi connectivity index (χ4v) is 2.01. The Morgan fingerprint density at radius 3 is 2.53 bits per heavy atom. The molecule has 0 aliphatic carbocycles. The zero-order valence-electron chi connectivity index (χ0n) is 9.61.